The molecule has 0 saturated heterocycles. The van der Waals surface area contributed by atoms with Gasteiger partial charge in [-0.3, -0.25) is 9.59 Å². The minimum absolute atomic E-state index is 0.0266. The second-order valence-corrected chi connectivity index (χ2v) is 10.8. The Bertz CT molecular complexity index is 1630. The maximum atomic E-state index is 15.2. The average molecular weight is 511 g/mol. The molecule has 7 rings (SSSR count). The molecule has 3 aliphatic rings. The summed E-state index contributed by atoms with van der Waals surface area (Å²) in [6.07, 6.45) is 3.39. The molecule has 192 valence electrons. The number of hydrogen-bond acceptors (Lipinski definition) is 4. The number of nitrogens with zero attached hydrogens (tertiary/aromatic N) is 4. The number of pyridine rings is 1. The van der Waals surface area contributed by atoms with Crippen LogP contribution in [0.5, 0.6) is 0 Å². The van der Waals surface area contributed by atoms with Crippen LogP contribution in [-0.2, 0) is 11.2 Å². The van der Waals surface area contributed by atoms with Crippen molar-refractivity contribution in [2.45, 2.75) is 50.5 Å². The molecular weight excluding hydrogens is 483 g/mol. The summed E-state index contributed by atoms with van der Waals surface area (Å²) in [5.74, 6) is -1.39. The molecule has 0 spiro atoms. The molecule has 1 amide bonds. The third-order valence-corrected chi connectivity index (χ3v) is 8.33. The number of hydrogen-bond donors (Lipinski definition) is 1. The van der Waals surface area contributed by atoms with Gasteiger partial charge in [0, 0.05) is 23.7 Å². The van der Waals surface area contributed by atoms with Crippen molar-refractivity contribution < 1.29 is 19.1 Å². The van der Waals surface area contributed by atoms with E-state index in [1.165, 1.54) is 17.2 Å². The molecule has 2 fully saturated rings. The SMILES string of the molecule is C[C@@H]1c2ccccc2CCN1C(=O)c1cc(C2CC2)n2nc(-c3ccc(C4C[C@H]4C(=O)O)cc3F)nc2c1. The van der Waals surface area contributed by atoms with E-state index in [2.05, 4.69) is 29.1 Å². The fourth-order valence-corrected chi connectivity index (χ4v) is 5.91. The third-order valence-electron chi connectivity index (χ3n) is 8.33. The molecule has 1 N–H and O–H groups in total. The van der Waals surface area contributed by atoms with Crippen molar-refractivity contribution in [2.75, 3.05) is 6.54 Å². The number of amides is 1. The summed E-state index contributed by atoms with van der Waals surface area (Å²) in [6, 6.07) is 16.7. The number of carbonyl (C=O) groups excluding carboxylic acids is 1. The largest absolute Gasteiger partial charge is 0.481 e. The van der Waals surface area contributed by atoms with E-state index in [1.807, 2.05) is 23.1 Å². The van der Waals surface area contributed by atoms with Crippen LogP contribution in [-0.4, -0.2) is 43.0 Å². The van der Waals surface area contributed by atoms with Gasteiger partial charge in [0.05, 0.1) is 17.5 Å². The molecule has 2 aromatic carbocycles. The van der Waals surface area contributed by atoms with Gasteiger partial charge < -0.3 is 10.0 Å². The molecule has 2 aromatic heterocycles. The first kappa shape index (κ1) is 23.1. The van der Waals surface area contributed by atoms with E-state index in [1.54, 1.807) is 22.7 Å². The molecule has 2 saturated carbocycles. The van der Waals surface area contributed by atoms with E-state index in [4.69, 9.17) is 0 Å². The summed E-state index contributed by atoms with van der Waals surface area (Å²) >= 11 is 0. The fourth-order valence-electron chi connectivity index (χ4n) is 5.91. The molecule has 38 heavy (non-hydrogen) atoms. The highest BCUT2D eigenvalue weighted by Crippen LogP contribution is 2.48. The van der Waals surface area contributed by atoms with Crippen LogP contribution in [0.2, 0.25) is 0 Å². The number of carboxylic acids is 1. The number of fused-ring (bicyclic) bond motifs is 2. The Labute approximate surface area is 218 Å². The standard InChI is InChI=1S/C30H27FN4O3/c1-16-21-5-3-2-4-17(21)10-11-34(16)29(36)20-13-26(18-6-7-18)35-27(14-20)32-28(33-35)22-9-8-19(12-25(22)31)23-15-24(23)30(37)38/h2-5,8-9,12-14,16,18,23-24H,6-7,10-11,15H2,1H3,(H,37,38)/t16-,23?,24-/m1/s1. The van der Waals surface area contributed by atoms with Crippen LogP contribution in [0.3, 0.4) is 0 Å². The van der Waals surface area contributed by atoms with Crippen molar-refractivity contribution in [1.82, 2.24) is 19.5 Å². The maximum absolute atomic E-state index is 15.2. The lowest BCUT2D eigenvalue weighted by Gasteiger charge is -2.35. The molecule has 4 aromatic rings. The highest BCUT2D eigenvalue weighted by atomic mass is 19.1. The third kappa shape index (κ3) is 3.78. The predicted molar refractivity (Wildman–Crippen MR) is 138 cm³/mol. The van der Waals surface area contributed by atoms with Crippen LogP contribution < -0.4 is 0 Å². The van der Waals surface area contributed by atoms with Gasteiger partial charge in [-0.15, -0.1) is 5.10 Å². The van der Waals surface area contributed by atoms with Crippen LogP contribution in [0.15, 0.2) is 54.6 Å². The zero-order valence-electron chi connectivity index (χ0n) is 21.0. The van der Waals surface area contributed by atoms with Crippen molar-refractivity contribution in [3.05, 3.63) is 88.4 Å². The number of aliphatic carboxylic acids is 1. The lowest BCUT2D eigenvalue weighted by molar-refractivity contribution is -0.138. The van der Waals surface area contributed by atoms with Crippen molar-refractivity contribution in [3.8, 4) is 11.4 Å². The van der Waals surface area contributed by atoms with Gasteiger partial charge >= 0.3 is 5.97 Å². The summed E-state index contributed by atoms with van der Waals surface area (Å²) in [5.41, 5.74) is 5.44. The minimum Gasteiger partial charge on any atom is -0.481 e. The summed E-state index contributed by atoms with van der Waals surface area (Å²) in [7, 11) is 0. The molecular formula is C30H27FN4O3. The molecule has 0 bridgehead atoms. The zero-order valence-corrected chi connectivity index (χ0v) is 21.0. The van der Waals surface area contributed by atoms with Crippen molar-refractivity contribution in [3.63, 3.8) is 0 Å². The Morgan fingerprint density at radius 3 is 2.63 bits per heavy atom. The molecule has 0 radical (unpaired) electrons. The Hall–Kier alpha value is -4.07. The number of aromatic nitrogens is 3. The Morgan fingerprint density at radius 2 is 1.89 bits per heavy atom. The summed E-state index contributed by atoms with van der Waals surface area (Å²) in [4.78, 5) is 31.5. The maximum Gasteiger partial charge on any atom is 0.307 e. The van der Waals surface area contributed by atoms with Crippen LogP contribution in [0, 0.1) is 11.7 Å². The molecule has 2 aliphatic carbocycles. The summed E-state index contributed by atoms with van der Waals surface area (Å²) in [5, 5.41) is 13.8. The number of carboxylic acid groups (broad SMARTS) is 1. The van der Waals surface area contributed by atoms with Gasteiger partial charge in [0.1, 0.15) is 5.82 Å². The number of carbonyl (C=O) groups is 2. The topological polar surface area (TPSA) is 87.8 Å². The van der Waals surface area contributed by atoms with E-state index in [0.29, 0.717) is 35.7 Å². The van der Waals surface area contributed by atoms with E-state index in [9.17, 15) is 14.7 Å². The van der Waals surface area contributed by atoms with E-state index < -0.39 is 17.7 Å². The lowest BCUT2D eigenvalue weighted by atomic mass is 9.93. The highest BCUT2D eigenvalue weighted by molar-refractivity contribution is 5.96. The van der Waals surface area contributed by atoms with Gasteiger partial charge in [-0.1, -0.05) is 30.3 Å². The van der Waals surface area contributed by atoms with Gasteiger partial charge in [0.25, 0.3) is 5.91 Å². The smallest absolute Gasteiger partial charge is 0.307 e. The Morgan fingerprint density at radius 1 is 1.08 bits per heavy atom. The van der Waals surface area contributed by atoms with Gasteiger partial charge in [-0.25, -0.2) is 13.9 Å². The monoisotopic (exact) mass is 510 g/mol. The van der Waals surface area contributed by atoms with E-state index >= 15 is 4.39 Å². The minimum atomic E-state index is -0.845. The highest BCUT2D eigenvalue weighted by Gasteiger charge is 2.44. The number of halogens is 1. The first-order valence-electron chi connectivity index (χ1n) is 13.2. The van der Waals surface area contributed by atoms with Crippen molar-refractivity contribution in [2.24, 2.45) is 5.92 Å². The molecule has 1 unspecified atom stereocenters. The second-order valence-electron chi connectivity index (χ2n) is 10.8. The summed E-state index contributed by atoms with van der Waals surface area (Å²) in [6.45, 7) is 2.72. The van der Waals surface area contributed by atoms with Gasteiger partial charge in [0.2, 0.25) is 0 Å². The van der Waals surface area contributed by atoms with Gasteiger partial charge in [-0.05, 0) is 79.5 Å². The van der Waals surface area contributed by atoms with Crippen LogP contribution >= 0.6 is 0 Å². The first-order valence-corrected chi connectivity index (χ1v) is 13.2. The number of rotatable bonds is 5. The Balaban J connectivity index is 1.23. The molecule has 8 heteroatoms. The lowest BCUT2D eigenvalue weighted by Crippen LogP contribution is -2.38. The molecule has 3 heterocycles. The van der Waals surface area contributed by atoms with Crippen LogP contribution in [0.1, 0.15) is 76.8 Å². The quantitative estimate of drug-likeness (QED) is 0.391. The molecule has 1 aliphatic heterocycles. The van der Waals surface area contributed by atoms with Crippen molar-refractivity contribution in [1.29, 1.82) is 0 Å². The number of benzene rings is 2. The fraction of sp³-hybridized carbons (Fsp3) is 0.333. The van der Waals surface area contributed by atoms with E-state index in [0.717, 1.165) is 25.0 Å². The van der Waals surface area contributed by atoms with Crippen molar-refractivity contribution >= 4 is 17.5 Å². The Kier molecular flexibility index (Phi) is 5.15. The zero-order chi connectivity index (χ0) is 26.1. The van der Waals surface area contributed by atoms with Crippen LogP contribution in [0.4, 0.5) is 4.39 Å². The second kappa shape index (κ2) is 8.48. The van der Waals surface area contributed by atoms with Gasteiger partial charge in [-0.2, -0.15) is 0 Å². The van der Waals surface area contributed by atoms with E-state index in [-0.39, 0.29) is 29.3 Å². The summed E-state index contributed by atoms with van der Waals surface area (Å²) < 4.78 is 16.9. The molecule has 3 atom stereocenters. The van der Waals surface area contributed by atoms with Crippen LogP contribution in [0.25, 0.3) is 17.0 Å². The average Bonchev–Trinajstić information content (AvgIpc) is 3.84. The molecule has 7 nitrogen and oxygen atoms in total. The normalized spacial score (nSPS) is 22.4. The predicted octanol–water partition coefficient (Wildman–Crippen LogP) is 5.36. The first-order chi connectivity index (χ1) is 18.4. The van der Waals surface area contributed by atoms with Gasteiger partial charge in [0.15, 0.2) is 11.5 Å².